The molecule has 0 unspecified atom stereocenters. The second-order valence-corrected chi connectivity index (χ2v) is 3.12. The molecule has 0 aromatic rings. The highest BCUT2D eigenvalue weighted by molar-refractivity contribution is 4.88. The fourth-order valence-electron chi connectivity index (χ4n) is 0.980. The minimum absolute atomic E-state index is 0.0804. The van der Waals surface area contributed by atoms with Crippen molar-refractivity contribution in [2.24, 2.45) is 0 Å². The molecular formula is C9H17F2NO. The minimum atomic E-state index is -2.34. The molecule has 0 fully saturated rings. The third kappa shape index (κ3) is 7.87. The summed E-state index contributed by atoms with van der Waals surface area (Å²) < 4.78 is 24.0. The lowest BCUT2D eigenvalue weighted by Gasteiger charge is -2.20. The quantitative estimate of drug-likeness (QED) is 0.619. The lowest BCUT2D eigenvalue weighted by molar-refractivity contribution is 0.0789. The molecule has 78 valence electrons. The molecule has 0 aromatic heterocycles. The molecule has 1 N–H and O–H groups in total. The summed E-state index contributed by atoms with van der Waals surface area (Å²) in [6.07, 6.45) is -1.64. The molecule has 2 nitrogen and oxygen atoms in total. The van der Waals surface area contributed by atoms with E-state index in [1.807, 2.05) is 6.92 Å². The summed E-state index contributed by atoms with van der Waals surface area (Å²) in [6.45, 7) is 6.04. The number of nitrogens with zero attached hydrogens (tertiary/aromatic N) is 1. The second-order valence-electron chi connectivity index (χ2n) is 3.12. The molecule has 4 heteroatoms. The number of rotatable bonds is 7. The van der Waals surface area contributed by atoms with Crippen molar-refractivity contribution in [1.29, 1.82) is 0 Å². The fraction of sp³-hybridized carbons (Fsp3) is 0.778. The normalized spacial score (nSPS) is 11.2. The van der Waals surface area contributed by atoms with E-state index in [2.05, 4.69) is 6.58 Å². The Kier molecular flexibility index (Phi) is 6.72. The van der Waals surface area contributed by atoms with Crippen molar-refractivity contribution in [2.45, 2.75) is 19.8 Å². The number of hydrogen-bond donors (Lipinski definition) is 1. The molecule has 0 bridgehead atoms. The number of aliphatic hydroxyl groups is 1. The van der Waals surface area contributed by atoms with E-state index in [0.717, 1.165) is 5.57 Å². The topological polar surface area (TPSA) is 23.5 Å². The van der Waals surface area contributed by atoms with Crippen molar-refractivity contribution < 1.29 is 13.9 Å². The standard InChI is InChI=1S/C9H17F2NO/c1-8(2)3-4-12(5-6-13)7-9(10)11/h9,13H,1,3-7H2,2H3. The van der Waals surface area contributed by atoms with Crippen LogP contribution >= 0.6 is 0 Å². The van der Waals surface area contributed by atoms with Crippen LogP contribution in [0.5, 0.6) is 0 Å². The maximum absolute atomic E-state index is 12.0. The number of aliphatic hydroxyl groups excluding tert-OH is 1. The second kappa shape index (κ2) is 6.97. The first kappa shape index (κ1) is 12.5. The average molecular weight is 193 g/mol. The molecule has 0 saturated carbocycles. The summed E-state index contributed by atoms with van der Waals surface area (Å²) in [5.41, 5.74) is 0.970. The van der Waals surface area contributed by atoms with Gasteiger partial charge in [-0.3, -0.25) is 4.90 Å². The van der Waals surface area contributed by atoms with Gasteiger partial charge in [-0.2, -0.15) is 0 Å². The van der Waals surface area contributed by atoms with E-state index in [1.165, 1.54) is 0 Å². The highest BCUT2D eigenvalue weighted by Gasteiger charge is 2.10. The van der Waals surface area contributed by atoms with E-state index in [0.29, 0.717) is 19.5 Å². The maximum Gasteiger partial charge on any atom is 0.251 e. The van der Waals surface area contributed by atoms with Crippen molar-refractivity contribution in [2.75, 3.05) is 26.2 Å². The summed E-state index contributed by atoms with van der Waals surface area (Å²) in [5.74, 6) is 0. The lowest BCUT2D eigenvalue weighted by atomic mass is 10.2. The highest BCUT2D eigenvalue weighted by Crippen LogP contribution is 2.02. The Morgan fingerprint density at radius 1 is 1.46 bits per heavy atom. The van der Waals surface area contributed by atoms with Crippen LogP contribution in [0.2, 0.25) is 0 Å². The summed E-state index contributed by atoms with van der Waals surface area (Å²) in [4.78, 5) is 1.54. The van der Waals surface area contributed by atoms with Gasteiger partial charge in [-0.15, -0.1) is 6.58 Å². The molecule has 13 heavy (non-hydrogen) atoms. The minimum Gasteiger partial charge on any atom is -0.395 e. The molecule has 0 aliphatic carbocycles. The summed E-state index contributed by atoms with van der Waals surface area (Å²) in [7, 11) is 0. The van der Waals surface area contributed by atoms with Crippen LogP contribution in [0, 0.1) is 0 Å². The molecule has 0 aliphatic heterocycles. The van der Waals surface area contributed by atoms with E-state index >= 15 is 0 Å². The molecule has 0 aromatic carbocycles. The van der Waals surface area contributed by atoms with Crippen LogP contribution in [0.15, 0.2) is 12.2 Å². The first-order chi connectivity index (χ1) is 6.06. The van der Waals surface area contributed by atoms with Gasteiger partial charge in [0.15, 0.2) is 0 Å². The molecule has 0 aliphatic rings. The van der Waals surface area contributed by atoms with Crippen molar-refractivity contribution in [3.8, 4) is 0 Å². The smallest absolute Gasteiger partial charge is 0.251 e. The van der Waals surface area contributed by atoms with Crippen LogP contribution in [-0.2, 0) is 0 Å². The Morgan fingerprint density at radius 3 is 2.46 bits per heavy atom. The van der Waals surface area contributed by atoms with Crippen molar-refractivity contribution in [1.82, 2.24) is 4.90 Å². The van der Waals surface area contributed by atoms with Crippen molar-refractivity contribution >= 4 is 0 Å². The van der Waals surface area contributed by atoms with Crippen LogP contribution in [0.1, 0.15) is 13.3 Å². The van der Waals surface area contributed by atoms with E-state index in [-0.39, 0.29) is 13.2 Å². The van der Waals surface area contributed by atoms with E-state index < -0.39 is 6.43 Å². The van der Waals surface area contributed by atoms with Crippen LogP contribution in [0.25, 0.3) is 0 Å². The van der Waals surface area contributed by atoms with Crippen LogP contribution < -0.4 is 0 Å². The predicted octanol–water partition coefficient (Wildman–Crippen LogP) is 1.51. The van der Waals surface area contributed by atoms with Gasteiger partial charge in [-0.1, -0.05) is 5.57 Å². The van der Waals surface area contributed by atoms with Gasteiger partial charge in [0.25, 0.3) is 6.43 Å². The van der Waals surface area contributed by atoms with Gasteiger partial charge in [-0.05, 0) is 13.3 Å². The molecular weight excluding hydrogens is 176 g/mol. The first-order valence-electron chi connectivity index (χ1n) is 4.32. The van der Waals surface area contributed by atoms with Gasteiger partial charge < -0.3 is 5.11 Å². The molecule has 0 heterocycles. The Balaban J connectivity index is 3.72. The number of halogens is 2. The van der Waals surface area contributed by atoms with E-state index in [4.69, 9.17) is 5.11 Å². The van der Waals surface area contributed by atoms with Crippen LogP contribution in [0.4, 0.5) is 8.78 Å². The Bertz CT molecular complexity index is 151. The molecule has 0 radical (unpaired) electrons. The molecule has 0 saturated heterocycles. The average Bonchev–Trinajstić information content (AvgIpc) is 1.99. The van der Waals surface area contributed by atoms with Crippen molar-refractivity contribution in [3.05, 3.63) is 12.2 Å². The Hall–Kier alpha value is -0.480. The summed E-state index contributed by atoms with van der Waals surface area (Å²) in [6, 6.07) is 0. The predicted molar refractivity (Wildman–Crippen MR) is 49.0 cm³/mol. The Labute approximate surface area is 77.9 Å². The summed E-state index contributed by atoms with van der Waals surface area (Å²) >= 11 is 0. The van der Waals surface area contributed by atoms with Gasteiger partial charge in [0.05, 0.1) is 13.2 Å². The third-order valence-corrected chi connectivity index (χ3v) is 1.67. The zero-order chi connectivity index (χ0) is 10.3. The van der Waals surface area contributed by atoms with Gasteiger partial charge in [0, 0.05) is 13.1 Å². The number of alkyl halides is 2. The van der Waals surface area contributed by atoms with Gasteiger partial charge in [-0.25, -0.2) is 8.78 Å². The van der Waals surface area contributed by atoms with E-state index in [1.54, 1.807) is 4.90 Å². The first-order valence-corrected chi connectivity index (χ1v) is 4.32. The maximum atomic E-state index is 12.0. The molecule has 0 rings (SSSR count). The van der Waals surface area contributed by atoms with E-state index in [9.17, 15) is 8.78 Å². The lowest BCUT2D eigenvalue weighted by Crippen LogP contribution is -2.32. The molecule has 0 amide bonds. The van der Waals surface area contributed by atoms with Gasteiger partial charge >= 0.3 is 0 Å². The van der Waals surface area contributed by atoms with Crippen LogP contribution in [0.3, 0.4) is 0 Å². The SMILES string of the molecule is C=C(C)CCN(CCO)CC(F)F. The third-order valence-electron chi connectivity index (χ3n) is 1.67. The monoisotopic (exact) mass is 193 g/mol. The largest absolute Gasteiger partial charge is 0.395 e. The van der Waals surface area contributed by atoms with Crippen molar-refractivity contribution in [3.63, 3.8) is 0 Å². The fourth-order valence-corrected chi connectivity index (χ4v) is 0.980. The van der Waals surface area contributed by atoms with Gasteiger partial charge in [0.2, 0.25) is 0 Å². The summed E-state index contributed by atoms with van der Waals surface area (Å²) in [5, 5.41) is 8.61. The highest BCUT2D eigenvalue weighted by atomic mass is 19.3. The molecule has 0 spiro atoms. The Morgan fingerprint density at radius 2 is 2.08 bits per heavy atom. The van der Waals surface area contributed by atoms with Gasteiger partial charge in [0.1, 0.15) is 0 Å². The zero-order valence-corrected chi connectivity index (χ0v) is 7.97. The molecule has 0 atom stereocenters. The number of hydrogen-bond acceptors (Lipinski definition) is 2. The zero-order valence-electron chi connectivity index (χ0n) is 7.97. The van der Waals surface area contributed by atoms with Crippen LogP contribution in [-0.4, -0.2) is 42.7 Å².